The smallest absolute Gasteiger partial charge is 0.00212 e. The summed E-state index contributed by atoms with van der Waals surface area (Å²) in [5, 5.41) is 3.44. The zero-order valence-corrected chi connectivity index (χ0v) is 11.6. The lowest BCUT2D eigenvalue weighted by atomic mass is 9.73. The third-order valence-electron chi connectivity index (χ3n) is 4.74. The minimum absolute atomic E-state index is 0.720. The van der Waals surface area contributed by atoms with E-state index >= 15 is 0 Å². The van der Waals surface area contributed by atoms with E-state index in [0.29, 0.717) is 0 Å². The predicted octanol–water partition coefficient (Wildman–Crippen LogP) is 3.03. The van der Waals surface area contributed by atoms with E-state index in [1.807, 2.05) is 0 Å². The fraction of sp³-hybridized carbons (Fsp3) is 1.00. The van der Waals surface area contributed by atoms with Gasteiger partial charge in [-0.05, 0) is 44.3 Å². The maximum absolute atomic E-state index is 3.44. The van der Waals surface area contributed by atoms with Crippen molar-refractivity contribution in [1.82, 2.24) is 10.2 Å². The first-order valence-electron chi connectivity index (χ1n) is 7.78. The average molecular weight is 238 g/mol. The van der Waals surface area contributed by atoms with Crippen molar-refractivity contribution < 1.29 is 0 Å². The third-order valence-corrected chi connectivity index (χ3v) is 4.74. The Morgan fingerprint density at radius 3 is 2.18 bits per heavy atom. The van der Waals surface area contributed by atoms with Gasteiger partial charge in [-0.1, -0.05) is 39.0 Å². The Balaban J connectivity index is 1.47. The van der Waals surface area contributed by atoms with Crippen LogP contribution in [-0.2, 0) is 0 Å². The largest absolute Gasteiger partial charge is 0.316 e. The molecule has 0 unspecified atom stereocenters. The fourth-order valence-corrected chi connectivity index (χ4v) is 3.20. The minimum atomic E-state index is 0.720. The van der Waals surface area contributed by atoms with Gasteiger partial charge in [-0.3, -0.25) is 0 Å². The van der Waals surface area contributed by atoms with Gasteiger partial charge in [-0.15, -0.1) is 0 Å². The van der Waals surface area contributed by atoms with E-state index in [1.165, 1.54) is 84.1 Å². The second-order valence-electron chi connectivity index (χ2n) is 6.21. The van der Waals surface area contributed by atoms with Crippen LogP contribution in [0.4, 0.5) is 0 Å². The highest BCUT2D eigenvalue weighted by molar-refractivity contribution is 4.95. The molecule has 1 spiro atoms. The zero-order valence-electron chi connectivity index (χ0n) is 11.6. The molecule has 0 aliphatic carbocycles. The van der Waals surface area contributed by atoms with Crippen molar-refractivity contribution in [2.24, 2.45) is 5.41 Å². The van der Waals surface area contributed by atoms with Gasteiger partial charge in [-0.2, -0.15) is 0 Å². The van der Waals surface area contributed by atoms with Crippen molar-refractivity contribution in [2.45, 2.75) is 58.3 Å². The molecule has 2 aliphatic rings. The maximum Gasteiger partial charge on any atom is 0.00212 e. The number of rotatable bonds is 7. The van der Waals surface area contributed by atoms with Crippen LogP contribution in [-0.4, -0.2) is 37.6 Å². The number of piperidine rings is 1. The zero-order chi connectivity index (χ0) is 12.0. The molecule has 0 aromatic carbocycles. The molecule has 2 heterocycles. The number of hydrogen-bond acceptors (Lipinski definition) is 2. The van der Waals surface area contributed by atoms with Crippen molar-refractivity contribution in [3.63, 3.8) is 0 Å². The van der Waals surface area contributed by atoms with E-state index in [4.69, 9.17) is 0 Å². The van der Waals surface area contributed by atoms with Crippen molar-refractivity contribution in [2.75, 3.05) is 32.7 Å². The molecule has 2 heteroatoms. The first-order valence-corrected chi connectivity index (χ1v) is 7.78. The standard InChI is InChI=1S/C15H30N2/c1-2-3-4-5-6-7-10-17-11-8-15(9-12-17)13-16-14-15/h16H,2-14H2,1H3. The highest BCUT2D eigenvalue weighted by Crippen LogP contribution is 2.34. The van der Waals surface area contributed by atoms with Crippen molar-refractivity contribution in [3.05, 3.63) is 0 Å². The van der Waals surface area contributed by atoms with Gasteiger partial charge < -0.3 is 10.2 Å². The van der Waals surface area contributed by atoms with Crippen molar-refractivity contribution >= 4 is 0 Å². The van der Waals surface area contributed by atoms with Gasteiger partial charge in [0.25, 0.3) is 0 Å². The van der Waals surface area contributed by atoms with Crippen LogP contribution in [0.25, 0.3) is 0 Å². The summed E-state index contributed by atoms with van der Waals surface area (Å²) >= 11 is 0. The molecule has 0 saturated carbocycles. The van der Waals surface area contributed by atoms with Crippen molar-refractivity contribution in [1.29, 1.82) is 0 Å². The summed E-state index contributed by atoms with van der Waals surface area (Å²) in [5.74, 6) is 0. The molecule has 0 radical (unpaired) electrons. The van der Waals surface area contributed by atoms with Crippen LogP contribution in [0.2, 0.25) is 0 Å². The van der Waals surface area contributed by atoms with Gasteiger partial charge >= 0.3 is 0 Å². The number of unbranched alkanes of at least 4 members (excludes halogenated alkanes) is 5. The van der Waals surface area contributed by atoms with Gasteiger partial charge in [0.1, 0.15) is 0 Å². The lowest BCUT2D eigenvalue weighted by molar-refractivity contribution is 0.0547. The summed E-state index contributed by atoms with van der Waals surface area (Å²) in [6, 6.07) is 0. The van der Waals surface area contributed by atoms with E-state index in [2.05, 4.69) is 17.1 Å². The summed E-state index contributed by atoms with van der Waals surface area (Å²) in [6.07, 6.45) is 11.5. The Hall–Kier alpha value is -0.0800. The van der Waals surface area contributed by atoms with Crippen molar-refractivity contribution in [3.8, 4) is 0 Å². The van der Waals surface area contributed by atoms with E-state index < -0.39 is 0 Å². The molecule has 17 heavy (non-hydrogen) atoms. The van der Waals surface area contributed by atoms with Gasteiger partial charge in [0.2, 0.25) is 0 Å². The third kappa shape index (κ3) is 3.96. The molecule has 0 aromatic rings. The van der Waals surface area contributed by atoms with Crippen LogP contribution in [0.1, 0.15) is 58.3 Å². The van der Waals surface area contributed by atoms with E-state index in [1.54, 1.807) is 0 Å². The molecule has 2 aliphatic heterocycles. The predicted molar refractivity (Wildman–Crippen MR) is 74.4 cm³/mol. The molecule has 100 valence electrons. The SMILES string of the molecule is CCCCCCCCN1CCC2(CC1)CNC2. The van der Waals surface area contributed by atoms with Crippen LogP contribution in [0.5, 0.6) is 0 Å². The molecule has 0 aromatic heterocycles. The first-order chi connectivity index (χ1) is 8.35. The Labute approximate surface area is 107 Å². The van der Waals surface area contributed by atoms with Crippen LogP contribution in [0.3, 0.4) is 0 Å². The highest BCUT2D eigenvalue weighted by Gasteiger charge is 2.39. The van der Waals surface area contributed by atoms with E-state index in [0.717, 1.165) is 5.41 Å². The minimum Gasteiger partial charge on any atom is -0.316 e. The van der Waals surface area contributed by atoms with E-state index in [-0.39, 0.29) is 0 Å². The average Bonchev–Trinajstić information content (AvgIpc) is 2.32. The van der Waals surface area contributed by atoms with Gasteiger partial charge in [-0.25, -0.2) is 0 Å². The quantitative estimate of drug-likeness (QED) is 0.686. The van der Waals surface area contributed by atoms with E-state index in [9.17, 15) is 0 Å². The molecule has 0 atom stereocenters. The summed E-state index contributed by atoms with van der Waals surface area (Å²) in [6.45, 7) is 8.94. The Kier molecular flexibility index (Phi) is 5.30. The topological polar surface area (TPSA) is 15.3 Å². The highest BCUT2D eigenvalue weighted by atomic mass is 15.1. The molecule has 2 rings (SSSR count). The fourth-order valence-electron chi connectivity index (χ4n) is 3.20. The molecule has 1 N–H and O–H groups in total. The van der Waals surface area contributed by atoms with Gasteiger partial charge in [0, 0.05) is 13.1 Å². The Morgan fingerprint density at radius 1 is 0.941 bits per heavy atom. The summed E-state index contributed by atoms with van der Waals surface area (Å²) in [5.41, 5.74) is 0.720. The molecule has 2 saturated heterocycles. The Bertz CT molecular complexity index is 201. The first kappa shape index (κ1) is 13.4. The van der Waals surface area contributed by atoms with Crippen LogP contribution >= 0.6 is 0 Å². The molecule has 0 bridgehead atoms. The molecular formula is C15H30N2. The Morgan fingerprint density at radius 2 is 1.59 bits per heavy atom. The van der Waals surface area contributed by atoms with Crippen LogP contribution in [0.15, 0.2) is 0 Å². The van der Waals surface area contributed by atoms with Crippen LogP contribution in [0, 0.1) is 5.41 Å². The maximum atomic E-state index is 3.44. The second-order valence-corrected chi connectivity index (χ2v) is 6.21. The summed E-state index contributed by atoms with van der Waals surface area (Å²) in [7, 11) is 0. The second kappa shape index (κ2) is 6.75. The molecule has 2 fully saturated rings. The molecular weight excluding hydrogens is 208 g/mol. The van der Waals surface area contributed by atoms with Gasteiger partial charge in [0.15, 0.2) is 0 Å². The normalized spacial score (nSPS) is 23.8. The molecule has 0 amide bonds. The number of nitrogens with one attached hydrogen (secondary N) is 1. The lowest BCUT2D eigenvalue weighted by Crippen LogP contribution is -2.58. The van der Waals surface area contributed by atoms with Gasteiger partial charge in [0.05, 0.1) is 0 Å². The number of hydrogen-bond donors (Lipinski definition) is 1. The number of likely N-dealkylation sites (tertiary alicyclic amines) is 1. The summed E-state index contributed by atoms with van der Waals surface area (Å²) < 4.78 is 0. The molecule has 2 nitrogen and oxygen atoms in total. The monoisotopic (exact) mass is 238 g/mol. The summed E-state index contributed by atoms with van der Waals surface area (Å²) in [4.78, 5) is 2.70. The lowest BCUT2D eigenvalue weighted by Gasteiger charge is -2.48. The van der Waals surface area contributed by atoms with Crippen LogP contribution < -0.4 is 5.32 Å². The number of nitrogens with zero attached hydrogens (tertiary/aromatic N) is 1.